The molecule has 7 heteroatoms. The number of hydrogen-bond donors (Lipinski definition) is 0. The molecule has 0 saturated heterocycles. The Hall–Kier alpha value is -5.06. The Bertz CT molecular complexity index is 1680. The molecule has 0 bridgehead atoms. The van der Waals surface area contributed by atoms with Crippen LogP contribution in [0.4, 0.5) is 5.69 Å². The van der Waals surface area contributed by atoms with E-state index in [1.165, 1.54) is 7.11 Å². The Labute approximate surface area is 231 Å². The first-order valence-corrected chi connectivity index (χ1v) is 12.5. The maximum atomic E-state index is 11.8. The Balaban J connectivity index is 1.48. The van der Waals surface area contributed by atoms with E-state index in [-0.39, 0.29) is 11.7 Å². The molecule has 0 amide bonds. The Kier molecular flexibility index (Phi) is 7.58. The highest BCUT2D eigenvalue weighted by molar-refractivity contribution is 7.80. The fourth-order valence-electron chi connectivity index (χ4n) is 4.10. The van der Waals surface area contributed by atoms with Crippen molar-refractivity contribution in [2.24, 2.45) is 0 Å². The molecule has 0 saturated carbocycles. The monoisotopic (exact) mass is 529 g/mol. The number of anilines is 1. The largest absolute Gasteiger partial charge is 0.465 e. The topological polar surface area (TPSA) is 64.5 Å². The smallest absolute Gasteiger partial charge is 0.337 e. The zero-order chi connectivity index (χ0) is 27.2. The van der Waals surface area contributed by atoms with Crippen LogP contribution in [0.25, 0.3) is 33.5 Å². The van der Waals surface area contributed by atoms with Gasteiger partial charge in [0.15, 0.2) is 0 Å². The van der Waals surface area contributed by atoms with Crippen molar-refractivity contribution >= 4 is 40.1 Å². The number of methoxy groups -OCH3 is 1. The molecule has 190 valence electrons. The van der Waals surface area contributed by atoms with Crippen molar-refractivity contribution in [3.8, 4) is 40.6 Å². The van der Waals surface area contributed by atoms with Gasteiger partial charge in [-0.1, -0.05) is 66.6 Å². The lowest BCUT2D eigenvalue weighted by Crippen LogP contribution is -2.33. The van der Waals surface area contributed by atoms with Gasteiger partial charge in [-0.2, -0.15) is 0 Å². The fourth-order valence-corrected chi connectivity index (χ4v) is 4.36. The van der Waals surface area contributed by atoms with Gasteiger partial charge in [0.2, 0.25) is 0 Å². The number of hydrogen-bond acceptors (Lipinski definition) is 6. The van der Waals surface area contributed by atoms with E-state index in [4.69, 9.17) is 38.1 Å². The number of nitrogens with zero attached hydrogens (tertiary/aromatic N) is 3. The van der Waals surface area contributed by atoms with Crippen LogP contribution in [0.5, 0.6) is 5.75 Å². The number of aromatic nitrogens is 2. The summed E-state index contributed by atoms with van der Waals surface area (Å²) >= 11 is 5.60. The number of ether oxygens (including phenoxy) is 2. The van der Waals surface area contributed by atoms with Gasteiger partial charge in [-0.05, 0) is 48.6 Å². The SMILES string of the molecule is C#CCN(C(=S)Oc1ccc2nc(-c3ccccc3)c(-c3ccccc3)nc2c1)c1ccc(C(=O)OC)cc1. The molecule has 6 nitrogen and oxygen atoms in total. The molecule has 0 atom stereocenters. The van der Waals surface area contributed by atoms with E-state index in [1.807, 2.05) is 72.8 Å². The lowest BCUT2D eigenvalue weighted by atomic mass is 10.0. The second-order valence-corrected chi connectivity index (χ2v) is 8.85. The van der Waals surface area contributed by atoms with Crippen LogP contribution >= 0.6 is 12.2 Å². The lowest BCUT2D eigenvalue weighted by molar-refractivity contribution is 0.0600. The second kappa shape index (κ2) is 11.5. The number of esters is 1. The zero-order valence-electron chi connectivity index (χ0n) is 21.1. The number of thiocarbonyl (C=S) groups is 1. The van der Waals surface area contributed by atoms with Crippen LogP contribution in [0.2, 0.25) is 0 Å². The van der Waals surface area contributed by atoms with Gasteiger partial charge in [0, 0.05) is 22.9 Å². The van der Waals surface area contributed by atoms with Gasteiger partial charge in [-0.15, -0.1) is 6.42 Å². The summed E-state index contributed by atoms with van der Waals surface area (Å²) in [6.07, 6.45) is 5.61. The first-order chi connectivity index (χ1) is 19.1. The summed E-state index contributed by atoms with van der Waals surface area (Å²) in [5, 5.41) is 0.162. The predicted molar refractivity (Wildman–Crippen MR) is 158 cm³/mol. The summed E-state index contributed by atoms with van der Waals surface area (Å²) in [6.45, 7) is 0.183. The van der Waals surface area contributed by atoms with Crippen LogP contribution in [0, 0.1) is 12.3 Å². The minimum Gasteiger partial charge on any atom is -0.465 e. The zero-order valence-corrected chi connectivity index (χ0v) is 21.9. The molecule has 1 aromatic heterocycles. The molecule has 5 rings (SSSR count). The third-order valence-corrected chi connectivity index (χ3v) is 6.31. The normalized spacial score (nSPS) is 10.5. The summed E-state index contributed by atoms with van der Waals surface area (Å²) in [5.74, 6) is 2.68. The van der Waals surface area contributed by atoms with Crippen LogP contribution in [-0.2, 0) is 4.74 Å². The van der Waals surface area contributed by atoms with Crippen molar-refractivity contribution < 1.29 is 14.3 Å². The van der Waals surface area contributed by atoms with E-state index < -0.39 is 5.97 Å². The number of terminal acetylenes is 1. The fraction of sp³-hybridized carbons (Fsp3) is 0.0625. The number of fused-ring (bicyclic) bond motifs is 1. The summed E-state index contributed by atoms with van der Waals surface area (Å²) in [7, 11) is 1.34. The lowest BCUT2D eigenvalue weighted by Gasteiger charge is -2.23. The van der Waals surface area contributed by atoms with Crippen molar-refractivity contribution in [2.75, 3.05) is 18.6 Å². The number of carbonyl (C=O) groups excluding carboxylic acids is 1. The van der Waals surface area contributed by atoms with Crippen molar-refractivity contribution in [3.05, 3.63) is 109 Å². The van der Waals surface area contributed by atoms with Gasteiger partial charge in [0.05, 0.1) is 41.6 Å². The van der Waals surface area contributed by atoms with Gasteiger partial charge in [0.25, 0.3) is 5.17 Å². The van der Waals surface area contributed by atoms with E-state index >= 15 is 0 Å². The maximum Gasteiger partial charge on any atom is 0.337 e. The Morgan fingerprint density at radius 3 is 2.00 bits per heavy atom. The molecular formula is C32H23N3O3S. The van der Waals surface area contributed by atoms with Crippen LogP contribution < -0.4 is 9.64 Å². The highest BCUT2D eigenvalue weighted by Gasteiger charge is 2.17. The molecule has 0 unspecified atom stereocenters. The average Bonchev–Trinajstić information content (AvgIpc) is 2.99. The molecule has 0 aliphatic carbocycles. The minimum absolute atomic E-state index is 0.162. The summed E-state index contributed by atoms with van der Waals surface area (Å²) in [5.41, 5.74) is 6.02. The molecule has 0 fully saturated rings. The highest BCUT2D eigenvalue weighted by Crippen LogP contribution is 2.32. The third kappa shape index (κ3) is 5.61. The molecule has 4 aromatic carbocycles. The minimum atomic E-state index is -0.425. The Morgan fingerprint density at radius 1 is 0.846 bits per heavy atom. The summed E-state index contributed by atoms with van der Waals surface area (Å²) in [6, 6.07) is 32.2. The maximum absolute atomic E-state index is 11.8. The molecule has 0 aliphatic rings. The van der Waals surface area contributed by atoms with Crippen molar-refractivity contribution in [2.45, 2.75) is 0 Å². The van der Waals surface area contributed by atoms with Crippen LogP contribution in [0.3, 0.4) is 0 Å². The molecule has 1 heterocycles. The molecule has 0 radical (unpaired) electrons. The number of carbonyl (C=O) groups is 1. The molecule has 0 spiro atoms. The van der Waals surface area contributed by atoms with Gasteiger partial charge >= 0.3 is 5.97 Å². The molecular weight excluding hydrogens is 506 g/mol. The van der Waals surface area contributed by atoms with Crippen molar-refractivity contribution in [3.63, 3.8) is 0 Å². The standard InChI is InChI=1S/C32H23N3O3S/c1-3-20-35(25-16-14-24(15-17-25)31(36)37-2)32(39)38-26-18-19-27-28(21-26)34-30(23-12-8-5-9-13-23)29(33-27)22-10-6-4-7-11-22/h1,4-19,21H,20H2,2H3. The van der Waals surface area contributed by atoms with E-state index in [9.17, 15) is 4.79 Å². The molecule has 39 heavy (non-hydrogen) atoms. The third-order valence-electron chi connectivity index (χ3n) is 6.01. The van der Waals surface area contributed by atoms with E-state index in [0.29, 0.717) is 22.5 Å². The van der Waals surface area contributed by atoms with Crippen LogP contribution in [0.15, 0.2) is 103 Å². The van der Waals surface area contributed by atoms with Gasteiger partial charge in [-0.3, -0.25) is 4.90 Å². The van der Waals surface area contributed by atoms with Gasteiger partial charge < -0.3 is 9.47 Å². The predicted octanol–water partition coefficient (Wildman–Crippen LogP) is 6.55. The number of benzene rings is 4. The van der Waals surface area contributed by atoms with Gasteiger partial charge in [-0.25, -0.2) is 14.8 Å². The first-order valence-electron chi connectivity index (χ1n) is 12.1. The van der Waals surface area contributed by atoms with Crippen molar-refractivity contribution in [1.82, 2.24) is 9.97 Å². The molecule has 5 aromatic rings. The van der Waals surface area contributed by atoms with Crippen molar-refractivity contribution in [1.29, 1.82) is 0 Å². The number of rotatable bonds is 6. The highest BCUT2D eigenvalue weighted by atomic mass is 32.1. The van der Waals surface area contributed by atoms with E-state index in [0.717, 1.165) is 28.0 Å². The van der Waals surface area contributed by atoms with Gasteiger partial charge in [0.1, 0.15) is 5.75 Å². The van der Waals surface area contributed by atoms with Crippen LogP contribution in [0.1, 0.15) is 10.4 Å². The quantitative estimate of drug-likeness (QED) is 0.140. The second-order valence-electron chi connectivity index (χ2n) is 8.50. The average molecular weight is 530 g/mol. The van der Waals surface area contributed by atoms with E-state index in [2.05, 4.69) is 5.92 Å². The van der Waals surface area contributed by atoms with E-state index in [1.54, 1.807) is 35.2 Å². The molecule has 0 aliphatic heterocycles. The Morgan fingerprint density at radius 2 is 1.44 bits per heavy atom. The first kappa shape index (κ1) is 25.6. The molecule has 0 N–H and O–H groups in total. The summed E-state index contributed by atoms with van der Waals surface area (Å²) < 4.78 is 10.8. The van der Waals surface area contributed by atoms with Crippen LogP contribution in [-0.4, -0.2) is 34.8 Å². The summed E-state index contributed by atoms with van der Waals surface area (Å²) in [4.78, 5) is 23.4.